The van der Waals surface area contributed by atoms with Crippen molar-refractivity contribution in [1.82, 2.24) is 10.4 Å². The molecule has 2 amide bonds. The third-order valence-electron chi connectivity index (χ3n) is 2.54. The van der Waals surface area contributed by atoms with Crippen LogP contribution in [0.25, 0.3) is 0 Å². The van der Waals surface area contributed by atoms with Crippen LogP contribution >= 0.6 is 0 Å². The third kappa shape index (κ3) is 6.41. The second-order valence-corrected chi connectivity index (χ2v) is 3.75. The highest BCUT2D eigenvalue weighted by molar-refractivity contribution is 5.74. The molecule has 7 nitrogen and oxygen atoms in total. The molecule has 0 bridgehead atoms. The van der Waals surface area contributed by atoms with Gasteiger partial charge in [-0.05, 0) is 12.8 Å². The molecule has 18 heavy (non-hydrogen) atoms. The highest BCUT2D eigenvalue weighted by Gasteiger charge is 2.20. The molecule has 0 saturated heterocycles. The van der Waals surface area contributed by atoms with Crippen LogP contribution in [0.3, 0.4) is 0 Å². The molecule has 0 aliphatic heterocycles. The molecule has 0 spiro atoms. The maximum atomic E-state index is 11.8. The number of carbonyl (C=O) groups is 2. The maximum absolute atomic E-state index is 11.8. The average molecular weight is 262 g/mol. The first-order chi connectivity index (χ1) is 8.56. The number of carbonyl (C=O) groups excluding carboxylic acids is 1. The second-order valence-electron chi connectivity index (χ2n) is 3.75. The third-order valence-corrected chi connectivity index (χ3v) is 2.54. The van der Waals surface area contributed by atoms with E-state index in [4.69, 9.17) is 9.84 Å². The topological polar surface area (TPSA) is 88.1 Å². The van der Waals surface area contributed by atoms with Gasteiger partial charge in [-0.15, -0.1) is 0 Å². The zero-order valence-corrected chi connectivity index (χ0v) is 11.1. The van der Waals surface area contributed by atoms with Crippen LogP contribution in [0.5, 0.6) is 0 Å². The number of aliphatic carboxylic acids is 1. The highest BCUT2D eigenvalue weighted by Crippen LogP contribution is 2.08. The van der Waals surface area contributed by atoms with Gasteiger partial charge in [-0.3, -0.25) is 4.84 Å². The molecule has 0 fully saturated rings. The van der Waals surface area contributed by atoms with Crippen molar-refractivity contribution in [2.45, 2.75) is 32.7 Å². The summed E-state index contributed by atoms with van der Waals surface area (Å²) in [6.45, 7) is 4.26. The van der Waals surface area contributed by atoms with E-state index in [1.54, 1.807) is 12.0 Å². The normalized spacial score (nSPS) is 10.4. The first-order valence-corrected chi connectivity index (χ1v) is 5.95. The highest BCUT2D eigenvalue weighted by atomic mass is 16.7. The fourth-order valence-corrected chi connectivity index (χ4v) is 1.59. The summed E-state index contributed by atoms with van der Waals surface area (Å²) < 4.78 is 4.95. The number of hydroxylamine groups is 1. The van der Waals surface area contributed by atoms with Gasteiger partial charge in [-0.1, -0.05) is 13.8 Å². The van der Waals surface area contributed by atoms with E-state index in [0.29, 0.717) is 13.2 Å². The van der Waals surface area contributed by atoms with E-state index < -0.39 is 18.6 Å². The molecular formula is C11H22N2O5. The Labute approximate surface area is 107 Å². The Balaban J connectivity index is 4.33. The average Bonchev–Trinajstić information content (AvgIpc) is 2.33. The number of carboxylic acids is 1. The zero-order valence-electron chi connectivity index (χ0n) is 11.1. The molecule has 0 atom stereocenters. The van der Waals surface area contributed by atoms with E-state index in [9.17, 15) is 9.59 Å². The number of nitrogens with one attached hydrogen (secondary N) is 1. The molecule has 0 unspecified atom stereocenters. The lowest BCUT2D eigenvalue weighted by atomic mass is 10.1. The van der Waals surface area contributed by atoms with E-state index in [2.05, 4.69) is 10.3 Å². The van der Waals surface area contributed by atoms with Gasteiger partial charge in [0.25, 0.3) is 0 Å². The monoisotopic (exact) mass is 262 g/mol. The van der Waals surface area contributed by atoms with Gasteiger partial charge in [0.1, 0.15) is 0 Å². The van der Waals surface area contributed by atoms with Crippen LogP contribution in [0.15, 0.2) is 0 Å². The van der Waals surface area contributed by atoms with E-state index in [-0.39, 0.29) is 6.04 Å². The molecule has 0 aliphatic carbocycles. The quantitative estimate of drug-likeness (QED) is 0.601. The number of carboxylic acid groups (broad SMARTS) is 1. The number of ether oxygens (including phenoxy) is 1. The lowest BCUT2D eigenvalue weighted by Gasteiger charge is -2.30. The molecule has 7 heteroatoms. The van der Waals surface area contributed by atoms with Crippen LogP contribution in [-0.4, -0.2) is 54.9 Å². The zero-order chi connectivity index (χ0) is 14.0. The summed E-state index contributed by atoms with van der Waals surface area (Å²) in [6, 6.07) is -0.365. The predicted octanol–water partition coefficient (Wildman–Crippen LogP) is 0.849. The molecule has 2 N–H and O–H groups in total. The molecule has 0 aromatic heterocycles. The summed E-state index contributed by atoms with van der Waals surface area (Å²) in [5, 5.41) is 8.40. The fraction of sp³-hybridized carbons (Fsp3) is 0.818. The SMILES string of the molecule is CCC(CC)N(CCOC)C(=O)NOCC(=O)O. The number of hydrogen-bond donors (Lipinski definition) is 2. The van der Waals surface area contributed by atoms with Crippen molar-refractivity contribution in [3.8, 4) is 0 Å². The van der Waals surface area contributed by atoms with E-state index in [1.165, 1.54) is 0 Å². The van der Waals surface area contributed by atoms with E-state index >= 15 is 0 Å². The van der Waals surface area contributed by atoms with Crippen molar-refractivity contribution >= 4 is 12.0 Å². The Morgan fingerprint density at radius 2 is 1.94 bits per heavy atom. The van der Waals surface area contributed by atoms with Gasteiger partial charge in [-0.25, -0.2) is 15.1 Å². The van der Waals surface area contributed by atoms with Crippen LogP contribution < -0.4 is 5.48 Å². The minimum atomic E-state index is -1.14. The summed E-state index contributed by atoms with van der Waals surface area (Å²) in [6.07, 6.45) is 1.62. The first kappa shape index (κ1) is 16.7. The lowest BCUT2D eigenvalue weighted by Crippen LogP contribution is -2.47. The van der Waals surface area contributed by atoms with Gasteiger partial charge in [-0.2, -0.15) is 0 Å². The fourth-order valence-electron chi connectivity index (χ4n) is 1.59. The Kier molecular flexibility index (Phi) is 8.95. The number of rotatable bonds is 9. The molecule has 0 rings (SSSR count). The molecule has 0 aromatic carbocycles. The van der Waals surface area contributed by atoms with Crippen molar-refractivity contribution in [2.24, 2.45) is 0 Å². The number of urea groups is 1. The van der Waals surface area contributed by atoms with Gasteiger partial charge in [0.2, 0.25) is 0 Å². The van der Waals surface area contributed by atoms with Gasteiger partial charge in [0.15, 0.2) is 6.61 Å². The molecule has 0 heterocycles. The molecule has 0 saturated carbocycles. The Morgan fingerprint density at radius 3 is 2.39 bits per heavy atom. The van der Waals surface area contributed by atoms with Crippen LogP contribution in [0.2, 0.25) is 0 Å². The Hall–Kier alpha value is -1.34. The van der Waals surface area contributed by atoms with E-state index in [0.717, 1.165) is 12.8 Å². The van der Waals surface area contributed by atoms with Gasteiger partial charge in [0, 0.05) is 19.7 Å². The summed E-state index contributed by atoms with van der Waals surface area (Å²) >= 11 is 0. The molecular weight excluding hydrogens is 240 g/mol. The summed E-state index contributed by atoms with van der Waals surface area (Å²) in [5.41, 5.74) is 2.12. The van der Waals surface area contributed by atoms with Crippen LogP contribution in [-0.2, 0) is 14.4 Å². The Morgan fingerprint density at radius 1 is 1.33 bits per heavy atom. The largest absolute Gasteiger partial charge is 0.479 e. The predicted molar refractivity (Wildman–Crippen MR) is 65.1 cm³/mol. The molecule has 0 aliphatic rings. The van der Waals surface area contributed by atoms with Gasteiger partial charge >= 0.3 is 12.0 Å². The summed E-state index contributed by atoms with van der Waals surface area (Å²) in [5.74, 6) is -1.14. The molecule has 0 radical (unpaired) electrons. The minimum Gasteiger partial charge on any atom is -0.479 e. The summed E-state index contributed by atoms with van der Waals surface area (Å²) in [7, 11) is 1.56. The van der Waals surface area contributed by atoms with Gasteiger partial charge in [0.05, 0.1) is 6.61 Å². The standard InChI is InChI=1S/C11H22N2O5/c1-4-9(5-2)13(6-7-17-3)11(16)12-18-8-10(14)15/h9H,4-8H2,1-3H3,(H,12,16)(H,14,15). The van der Waals surface area contributed by atoms with E-state index in [1.807, 2.05) is 13.8 Å². The van der Waals surface area contributed by atoms with Crippen molar-refractivity contribution < 1.29 is 24.3 Å². The van der Waals surface area contributed by atoms with Crippen molar-refractivity contribution in [3.63, 3.8) is 0 Å². The minimum absolute atomic E-state index is 0.0774. The smallest absolute Gasteiger partial charge is 0.341 e. The Bertz CT molecular complexity index is 256. The molecule has 106 valence electrons. The van der Waals surface area contributed by atoms with Crippen molar-refractivity contribution in [1.29, 1.82) is 0 Å². The van der Waals surface area contributed by atoms with Crippen molar-refractivity contribution in [3.05, 3.63) is 0 Å². The lowest BCUT2D eigenvalue weighted by molar-refractivity contribution is -0.144. The number of nitrogens with zero attached hydrogens (tertiary/aromatic N) is 1. The van der Waals surface area contributed by atoms with Crippen molar-refractivity contribution in [2.75, 3.05) is 26.9 Å². The number of methoxy groups -OCH3 is 1. The number of amides is 2. The van der Waals surface area contributed by atoms with Crippen LogP contribution in [0, 0.1) is 0 Å². The first-order valence-electron chi connectivity index (χ1n) is 5.95. The van der Waals surface area contributed by atoms with Crippen LogP contribution in [0.4, 0.5) is 4.79 Å². The molecule has 0 aromatic rings. The van der Waals surface area contributed by atoms with Crippen LogP contribution in [0.1, 0.15) is 26.7 Å². The number of hydrogen-bond acceptors (Lipinski definition) is 4. The maximum Gasteiger partial charge on any atom is 0.341 e. The second kappa shape index (κ2) is 9.67. The summed E-state index contributed by atoms with van der Waals surface area (Å²) in [4.78, 5) is 28.3. The van der Waals surface area contributed by atoms with Gasteiger partial charge < -0.3 is 14.7 Å².